The van der Waals surface area contributed by atoms with E-state index in [0.29, 0.717) is 0 Å². The fourth-order valence-electron chi connectivity index (χ4n) is 2.02. The maximum absolute atomic E-state index is 5.95. The van der Waals surface area contributed by atoms with Gasteiger partial charge in [0.1, 0.15) is 11.9 Å². The van der Waals surface area contributed by atoms with E-state index in [-0.39, 0.29) is 6.10 Å². The molecule has 3 heteroatoms. The summed E-state index contributed by atoms with van der Waals surface area (Å²) in [4.78, 5) is 5.95. The van der Waals surface area contributed by atoms with E-state index >= 15 is 0 Å². The number of hydroxylamine groups is 1. The Kier molecular flexibility index (Phi) is 4.65. The van der Waals surface area contributed by atoms with Crippen molar-refractivity contribution in [3.05, 3.63) is 36.4 Å². The van der Waals surface area contributed by atoms with Crippen LogP contribution in [0.3, 0.4) is 0 Å². The molecule has 1 aliphatic rings. The fourth-order valence-corrected chi connectivity index (χ4v) is 2.02. The van der Waals surface area contributed by atoms with Crippen molar-refractivity contribution in [3.8, 4) is 5.75 Å². The van der Waals surface area contributed by atoms with Gasteiger partial charge in [0.25, 0.3) is 0 Å². The number of hydrogen-bond acceptors (Lipinski definition) is 3. The van der Waals surface area contributed by atoms with Crippen LogP contribution in [-0.2, 0) is 4.84 Å². The Morgan fingerprint density at radius 3 is 2.78 bits per heavy atom. The van der Waals surface area contributed by atoms with Crippen LogP contribution in [0, 0.1) is 0 Å². The van der Waals surface area contributed by atoms with Crippen molar-refractivity contribution in [3.63, 3.8) is 0 Å². The van der Waals surface area contributed by atoms with E-state index in [9.17, 15) is 0 Å². The van der Waals surface area contributed by atoms with Gasteiger partial charge in [-0.3, -0.25) is 4.84 Å². The van der Waals surface area contributed by atoms with E-state index < -0.39 is 0 Å². The molecule has 1 heterocycles. The molecule has 0 aromatic heterocycles. The highest BCUT2D eigenvalue weighted by atomic mass is 16.7. The third-order valence-electron chi connectivity index (χ3n) is 3.09. The molecule has 0 spiro atoms. The number of benzene rings is 1. The third-order valence-corrected chi connectivity index (χ3v) is 3.09. The summed E-state index contributed by atoms with van der Waals surface area (Å²) >= 11 is 0. The maximum atomic E-state index is 5.95. The zero-order valence-electron chi connectivity index (χ0n) is 11.1. The van der Waals surface area contributed by atoms with Crippen molar-refractivity contribution in [1.82, 2.24) is 0 Å². The first-order valence-corrected chi connectivity index (χ1v) is 6.58. The van der Waals surface area contributed by atoms with Gasteiger partial charge in [-0.25, -0.2) is 5.06 Å². The number of rotatable bonds is 5. The molecule has 0 unspecified atom stereocenters. The van der Waals surface area contributed by atoms with E-state index in [4.69, 9.17) is 9.57 Å². The molecule has 1 atom stereocenters. The Hall–Kier alpha value is -1.48. The summed E-state index contributed by atoms with van der Waals surface area (Å²) in [6.07, 6.45) is 8.03. The highest BCUT2D eigenvalue weighted by molar-refractivity contribution is 5.47. The standard InChI is InChI=1S/C15H21NO2/c1-3-4-6-15-7-5-12-16(18-15)13-8-10-14(17-2)11-9-13/h5,7-11,15H,3-4,6,12H2,1-2H3/t15-/m1/s1. The van der Waals surface area contributed by atoms with Crippen molar-refractivity contribution in [1.29, 1.82) is 0 Å². The first-order chi connectivity index (χ1) is 8.83. The van der Waals surface area contributed by atoms with E-state index in [1.807, 2.05) is 29.3 Å². The first kappa shape index (κ1) is 13.0. The molecular weight excluding hydrogens is 226 g/mol. The summed E-state index contributed by atoms with van der Waals surface area (Å²) in [6.45, 7) is 3.00. The van der Waals surface area contributed by atoms with Gasteiger partial charge in [-0.15, -0.1) is 0 Å². The van der Waals surface area contributed by atoms with E-state index in [2.05, 4.69) is 19.1 Å². The summed E-state index contributed by atoms with van der Waals surface area (Å²) in [5.74, 6) is 0.869. The van der Waals surface area contributed by atoms with Crippen LogP contribution in [0.15, 0.2) is 36.4 Å². The Morgan fingerprint density at radius 2 is 2.11 bits per heavy atom. The second kappa shape index (κ2) is 6.45. The Morgan fingerprint density at radius 1 is 1.33 bits per heavy atom. The second-order valence-corrected chi connectivity index (χ2v) is 4.47. The van der Waals surface area contributed by atoms with Crippen molar-refractivity contribution in [2.45, 2.75) is 32.3 Å². The molecule has 18 heavy (non-hydrogen) atoms. The van der Waals surface area contributed by atoms with Gasteiger partial charge < -0.3 is 4.74 Å². The van der Waals surface area contributed by atoms with Crippen LogP contribution in [0.2, 0.25) is 0 Å². The molecule has 0 radical (unpaired) electrons. The largest absolute Gasteiger partial charge is 0.497 e. The average Bonchev–Trinajstić information content (AvgIpc) is 2.45. The van der Waals surface area contributed by atoms with Crippen LogP contribution in [0.1, 0.15) is 26.2 Å². The summed E-state index contributed by atoms with van der Waals surface area (Å²) in [7, 11) is 1.68. The normalized spacial score (nSPS) is 19.0. The van der Waals surface area contributed by atoms with Gasteiger partial charge in [-0.2, -0.15) is 0 Å². The third kappa shape index (κ3) is 3.26. The predicted octanol–water partition coefficient (Wildman–Crippen LogP) is 3.56. The van der Waals surface area contributed by atoms with Gasteiger partial charge in [-0.1, -0.05) is 31.9 Å². The molecule has 0 fully saturated rings. The van der Waals surface area contributed by atoms with Crippen LogP contribution in [0.25, 0.3) is 0 Å². The lowest BCUT2D eigenvalue weighted by Crippen LogP contribution is -2.32. The van der Waals surface area contributed by atoms with Crippen molar-refractivity contribution in [2.75, 3.05) is 18.7 Å². The number of anilines is 1. The lowest BCUT2D eigenvalue weighted by Gasteiger charge is -2.30. The molecule has 2 rings (SSSR count). The molecule has 1 aromatic rings. The zero-order chi connectivity index (χ0) is 12.8. The van der Waals surface area contributed by atoms with Gasteiger partial charge in [0.05, 0.1) is 19.3 Å². The molecule has 98 valence electrons. The highest BCUT2D eigenvalue weighted by Crippen LogP contribution is 2.23. The molecule has 1 aromatic carbocycles. The maximum Gasteiger partial charge on any atom is 0.119 e. The van der Waals surface area contributed by atoms with Gasteiger partial charge in [0.2, 0.25) is 0 Å². The number of hydrogen-bond donors (Lipinski definition) is 0. The highest BCUT2D eigenvalue weighted by Gasteiger charge is 2.16. The average molecular weight is 247 g/mol. The number of unbranched alkanes of at least 4 members (excludes halogenated alkanes) is 1. The number of methoxy groups -OCH3 is 1. The van der Waals surface area contributed by atoms with Gasteiger partial charge in [-0.05, 0) is 30.7 Å². The van der Waals surface area contributed by atoms with Gasteiger partial charge in [0, 0.05) is 0 Å². The van der Waals surface area contributed by atoms with Crippen molar-refractivity contribution >= 4 is 5.69 Å². The quantitative estimate of drug-likeness (QED) is 0.743. The van der Waals surface area contributed by atoms with Gasteiger partial charge >= 0.3 is 0 Å². The molecule has 0 bridgehead atoms. The summed E-state index contributed by atoms with van der Waals surface area (Å²) < 4.78 is 5.16. The minimum atomic E-state index is 0.209. The number of ether oxygens (including phenoxy) is 1. The Bertz CT molecular complexity index is 386. The van der Waals surface area contributed by atoms with Crippen molar-refractivity contribution in [2.24, 2.45) is 0 Å². The SMILES string of the molecule is CCCC[C@@H]1C=CCN(c2ccc(OC)cc2)O1. The van der Waals surface area contributed by atoms with E-state index in [1.54, 1.807) is 7.11 Å². The molecule has 0 N–H and O–H groups in total. The minimum Gasteiger partial charge on any atom is -0.497 e. The molecule has 3 nitrogen and oxygen atoms in total. The van der Waals surface area contributed by atoms with Crippen LogP contribution in [0.5, 0.6) is 5.75 Å². The molecule has 0 aliphatic carbocycles. The fraction of sp³-hybridized carbons (Fsp3) is 0.467. The zero-order valence-corrected chi connectivity index (χ0v) is 11.1. The van der Waals surface area contributed by atoms with Crippen molar-refractivity contribution < 1.29 is 9.57 Å². The summed E-state index contributed by atoms with van der Waals surface area (Å²) in [5.41, 5.74) is 1.07. The molecular formula is C15H21NO2. The Balaban J connectivity index is 1.98. The molecule has 1 aliphatic heterocycles. The minimum absolute atomic E-state index is 0.209. The molecule has 0 saturated carbocycles. The van der Waals surface area contributed by atoms with Crippen LogP contribution < -0.4 is 9.80 Å². The smallest absolute Gasteiger partial charge is 0.119 e. The molecule has 0 amide bonds. The van der Waals surface area contributed by atoms with Crippen LogP contribution >= 0.6 is 0 Å². The lowest BCUT2D eigenvalue weighted by atomic mass is 10.1. The molecule has 0 saturated heterocycles. The summed E-state index contributed by atoms with van der Waals surface area (Å²) in [6, 6.07) is 7.96. The summed E-state index contributed by atoms with van der Waals surface area (Å²) in [5, 5.41) is 1.94. The van der Waals surface area contributed by atoms with E-state index in [1.165, 1.54) is 12.8 Å². The number of nitrogens with zero attached hydrogens (tertiary/aromatic N) is 1. The van der Waals surface area contributed by atoms with E-state index in [0.717, 1.165) is 24.4 Å². The Labute approximate surface area is 109 Å². The topological polar surface area (TPSA) is 21.7 Å². The predicted molar refractivity (Wildman–Crippen MR) is 73.9 cm³/mol. The lowest BCUT2D eigenvalue weighted by molar-refractivity contribution is 0.0525. The monoisotopic (exact) mass is 247 g/mol. The first-order valence-electron chi connectivity index (χ1n) is 6.58. The second-order valence-electron chi connectivity index (χ2n) is 4.47. The van der Waals surface area contributed by atoms with Crippen LogP contribution in [0.4, 0.5) is 5.69 Å². The van der Waals surface area contributed by atoms with Gasteiger partial charge in [0.15, 0.2) is 0 Å². The van der Waals surface area contributed by atoms with Crippen LogP contribution in [-0.4, -0.2) is 19.8 Å².